The van der Waals surface area contributed by atoms with E-state index in [1.165, 1.54) is 23.5 Å². The third-order valence-electron chi connectivity index (χ3n) is 5.60. The summed E-state index contributed by atoms with van der Waals surface area (Å²) in [6, 6.07) is 15.7. The van der Waals surface area contributed by atoms with Gasteiger partial charge in [0, 0.05) is 4.88 Å². The van der Waals surface area contributed by atoms with Crippen molar-refractivity contribution in [1.29, 1.82) is 0 Å². The first-order valence-electron chi connectivity index (χ1n) is 10.1. The number of hydrogen-bond acceptors (Lipinski definition) is 4. The normalized spacial score (nSPS) is 19.0. The number of imide groups is 1. The molecule has 0 radical (unpaired) electrons. The molecule has 1 aliphatic rings. The van der Waals surface area contributed by atoms with Gasteiger partial charge in [0.15, 0.2) is 0 Å². The number of rotatable bonds is 6. The molecule has 0 bridgehead atoms. The third kappa shape index (κ3) is 4.01. The van der Waals surface area contributed by atoms with E-state index in [1.807, 2.05) is 36.6 Å². The van der Waals surface area contributed by atoms with Gasteiger partial charge in [0.05, 0.1) is 6.04 Å². The standard InChI is InChI=1S/C24H22FN3O3S/c1-15-6-3-4-7-18(15)24(2)22(30)28(23(31)27-24)14-20(29)26-21(19-8-5-13-32-19)16-9-11-17(25)12-10-16/h3-13,21H,14H2,1-2H3,(H,26,29)(H,27,31). The van der Waals surface area contributed by atoms with Crippen LogP contribution in [-0.4, -0.2) is 29.3 Å². The molecule has 8 heteroatoms. The number of amides is 4. The predicted molar refractivity (Wildman–Crippen MR) is 119 cm³/mol. The molecular formula is C24H22FN3O3S. The number of benzene rings is 2. The fourth-order valence-corrected chi connectivity index (χ4v) is 4.74. The topological polar surface area (TPSA) is 78.5 Å². The molecule has 0 saturated carbocycles. The van der Waals surface area contributed by atoms with Crippen molar-refractivity contribution in [3.8, 4) is 0 Å². The van der Waals surface area contributed by atoms with E-state index >= 15 is 0 Å². The zero-order valence-corrected chi connectivity index (χ0v) is 18.4. The SMILES string of the molecule is Cc1ccccc1C1(C)NC(=O)N(CC(=O)NC(c2ccc(F)cc2)c2cccs2)C1=O. The van der Waals surface area contributed by atoms with E-state index in [2.05, 4.69) is 10.6 Å². The van der Waals surface area contributed by atoms with E-state index in [0.717, 1.165) is 15.3 Å². The fourth-order valence-electron chi connectivity index (χ4n) is 3.94. The second-order valence-electron chi connectivity index (χ2n) is 7.83. The molecule has 32 heavy (non-hydrogen) atoms. The summed E-state index contributed by atoms with van der Waals surface area (Å²) >= 11 is 1.45. The van der Waals surface area contributed by atoms with Gasteiger partial charge in [0.1, 0.15) is 17.9 Å². The highest BCUT2D eigenvalue weighted by atomic mass is 32.1. The average Bonchev–Trinajstić information content (AvgIpc) is 3.37. The van der Waals surface area contributed by atoms with Crippen molar-refractivity contribution in [3.05, 3.63) is 93.4 Å². The van der Waals surface area contributed by atoms with E-state index < -0.39 is 36.0 Å². The molecule has 1 aliphatic heterocycles. The zero-order valence-electron chi connectivity index (χ0n) is 17.6. The van der Waals surface area contributed by atoms with E-state index in [0.29, 0.717) is 11.1 Å². The third-order valence-corrected chi connectivity index (χ3v) is 6.53. The lowest BCUT2D eigenvalue weighted by Gasteiger charge is -2.24. The van der Waals surface area contributed by atoms with Gasteiger partial charge in [-0.05, 0) is 54.1 Å². The van der Waals surface area contributed by atoms with Crippen molar-refractivity contribution in [3.63, 3.8) is 0 Å². The molecule has 2 N–H and O–H groups in total. The van der Waals surface area contributed by atoms with Crippen LogP contribution < -0.4 is 10.6 Å². The number of halogens is 1. The van der Waals surface area contributed by atoms with Crippen LogP contribution in [0.5, 0.6) is 0 Å². The quantitative estimate of drug-likeness (QED) is 0.559. The van der Waals surface area contributed by atoms with Crippen LogP contribution in [0.1, 0.15) is 34.5 Å². The summed E-state index contributed by atoms with van der Waals surface area (Å²) in [7, 11) is 0. The summed E-state index contributed by atoms with van der Waals surface area (Å²) in [6.07, 6.45) is 0. The van der Waals surface area contributed by atoms with E-state index in [4.69, 9.17) is 0 Å². The molecule has 2 unspecified atom stereocenters. The average molecular weight is 452 g/mol. The Morgan fingerprint density at radius 3 is 2.50 bits per heavy atom. The molecule has 1 aromatic heterocycles. The minimum absolute atomic E-state index is 0.375. The maximum Gasteiger partial charge on any atom is 0.325 e. The summed E-state index contributed by atoms with van der Waals surface area (Å²) in [4.78, 5) is 40.5. The first kappa shape index (κ1) is 21.7. The molecule has 164 valence electrons. The Morgan fingerprint density at radius 1 is 1.12 bits per heavy atom. The van der Waals surface area contributed by atoms with Gasteiger partial charge in [-0.3, -0.25) is 14.5 Å². The van der Waals surface area contributed by atoms with Crippen molar-refractivity contribution in [1.82, 2.24) is 15.5 Å². The molecule has 4 amide bonds. The molecule has 1 saturated heterocycles. The minimum Gasteiger partial charge on any atom is -0.343 e. The first-order chi connectivity index (χ1) is 15.3. The van der Waals surface area contributed by atoms with Gasteiger partial charge in [-0.25, -0.2) is 9.18 Å². The number of nitrogens with zero attached hydrogens (tertiary/aromatic N) is 1. The summed E-state index contributed by atoms with van der Waals surface area (Å²) in [5.74, 6) is -1.36. The molecule has 2 aromatic carbocycles. The van der Waals surface area contributed by atoms with Crippen LogP contribution in [0.3, 0.4) is 0 Å². The Kier molecular flexibility index (Phi) is 5.80. The molecule has 4 rings (SSSR count). The van der Waals surface area contributed by atoms with Gasteiger partial charge in [0.25, 0.3) is 5.91 Å². The maximum atomic E-state index is 13.4. The highest BCUT2D eigenvalue weighted by Gasteiger charge is 2.50. The van der Waals surface area contributed by atoms with Crippen LogP contribution in [0.25, 0.3) is 0 Å². The lowest BCUT2D eigenvalue weighted by molar-refractivity contribution is -0.135. The van der Waals surface area contributed by atoms with Gasteiger partial charge in [-0.2, -0.15) is 0 Å². The number of nitrogens with one attached hydrogen (secondary N) is 2. The minimum atomic E-state index is -1.24. The van der Waals surface area contributed by atoms with Crippen molar-refractivity contribution in [2.24, 2.45) is 0 Å². The van der Waals surface area contributed by atoms with Crippen LogP contribution >= 0.6 is 11.3 Å². The number of aryl methyl sites for hydroxylation is 1. The summed E-state index contributed by atoms with van der Waals surface area (Å²) < 4.78 is 13.4. The largest absolute Gasteiger partial charge is 0.343 e. The number of carbonyl (C=O) groups excluding carboxylic acids is 3. The second kappa shape index (κ2) is 8.55. The van der Waals surface area contributed by atoms with Crippen LogP contribution in [0.4, 0.5) is 9.18 Å². The molecule has 0 aliphatic carbocycles. The summed E-state index contributed by atoms with van der Waals surface area (Å²) in [6.45, 7) is 3.08. The Hall–Kier alpha value is -3.52. The summed E-state index contributed by atoms with van der Waals surface area (Å²) in [5.41, 5.74) is 1.00. The maximum absolute atomic E-state index is 13.4. The molecule has 1 fully saturated rings. The molecular weight excluding hydrogens is 429 g/mol. The first-order valence-corrected chi connectivity index (χ1v) is 11.0. The van der Waals surface area contributed by atoms with Crippen LogP contribution in [0.15, 0.2) is 66.0 Å². The molecule has 0 spiro atoms. The lowest BCUT2D eigenvalue weighted by atomic mass is 9.88. The zero-order chi connectivity index (χ0) is 22.9. The van der Waals surface area contributed by atoms with Crippen LogP contribution in [0, 0.1) is 12.7 Å². The Morgan fingerprint density at radius 2 is 1.84 bits per heavy atom. The van der Waals surface area contributed by atoms with E-state index in [9.17, 15) is 18.8 Å². The van der Waals surface area contributed by atoms with Crippen LogP contribution in [-0.2, 0) is 15.1 Å². The van der Waals surface area contributed by atoms with Gasteiger partial charge < -0.3 is 10.6 Å². The van der Waals surface area contributed by atoms with Gasteiger partial charge in [-0.15, -0.1) is 11.3 Å². The van der Waals surface area contributed by atoms with Crippen molar-refractivity contribution < 1.29 is 18.8 Å². The van der Waals surface area contributed by atoms with Gasteiger partial charge in [-0.1, -0.05) is 42.5 Å². The number of carbonyl (C=O) groups is 3. The smallest absolute Gasteiger partial charge is 0.325 e. The monoisotopic (exact) mass is 451 g/mol. The molecule has 2 atom stereocenters. The molecule has 3 aromatic rings. The number of thiophene rings is 1. The van der Waals surface area contributed by atoms with Gasteiger partial charge >= 0.3 is 6.03 Å². The summed E-state index contributed by atoms with van der Waals surface area (Å²) in [5, 5.41) is 7.48. The lowest BCUT2D eigenvalue weighted by Crippen LogP contribution is -2.44. The Balaban J connectivity index is 1.54. The Labute approximate surface area is 189 Å². The molecule has 2 heterocycles. The van der Waals surface area contributed by atoms with E-state index in [1.54, 1.807) is 31.2 Å². The number of urea groups is 1. The van der Waals surface area contributed by atoms with E-state index in [-0.39, 0.29) is 5.82 Å². The second-order valence-corrected chi connectivity index (χ2v) is 8.81. The highest BCUT2D eigenvalue weighted by molar-refractivity contribution is 7.10. The van der Waals surface area contributed by atoms with Crippen molar-refractivity contribution in [2.45, 2.75) is 25.4 Å². The highest BCUT2D eigenvalue weighted by Crippen LogP contribution is 2.31. The predicted octanol–water partition coefficient (Wildman–Crippen LogP) is 3.87. The number of hydrogen-bond donors (Lipinski definition) is 2. The fraction of sp³-hybridized carbons (Fsp3) is 0.208. The van der Waals surface area contributed by atoms with Crippen molar-refractivity contribution >= 4 is 29.2 Å². The van der Waals surface area contributed by atoms with Crippen molar-refractivity contribution in [2.75, 3.05) is 6.54 Å². The van der Waals surface area contributed by atoms with Gasteiger partial charge in [0.2, 0.25) is 5.91 Å². The Bertz CT molecular complexity index is 1160. The molecule has 6 nitrogen and oxygen atoms in total. The van der Waals surface area contributed by atoms with Crippen LogP contribution in [0.2, 0.25) is 0 Å².